The Balaban J connectivity index is 1.94. The molecule has 0 N–H and O–H groups in total. The lowest BCUT2D eigenvalue weighted by atomic mass is 10.0. The van der Waals surface area contributed by atoms with Crippen LogP contribution in [-0.2, 0) is 16.0 Å². The van der Waals surface area contributed by atoms with Crippen LogP contribution >= 0.6 is 0 Å². The number of hydrogen-bond acceptors (Lipinski definition) is 2. The SMILES string of the molecule is CC1CCC(C(=O)Cc2ccc(F)cc2)O1. The van der Waals surface area contributed by atoms with Gasteiger partial charge in [-0.3, -0.25) is 4.79 Å². The van der Waals surface area contributed by atoms with Crippen LogP contribution in [0.3, 0.4) is 0 Å². The van der Waals surface area contributed by atoms with E-state index in [1.54, 1.807) is 12.1 Å². The van der Waals surface area contributed by atoms with Gasteiger partial charge in [-0.1, -0.05) is 12.1 Å². The Morgan fingerprint density at radius 2 is 2.06 bits per heavy atom. The van der Waals surface area contributed by atoms with Gasteiger partial charge in [0.25, 0.3) is 0 Å². The molecule has 0 saturated carbocycles. The Bertz CT molecular complexity index is 372. The number of hydrogen-bond donors (Lipinski definition) is 0. The summed E-state index contributed by atoms with van der Waals surface area (Å²) in [5.74, 6) is -0.183. The zero-order valence-electron chi connectivity index (χ0n) is 9.28. The number of carbonyl (C=O) groups excluding carboxylic acids is 1. The Labute approximate surface area is 94.4 Å². The molecule has 1 fully saturated rings. The largest absolute Gasteiger partial charge is 0.367 e. The van der Waals surface area contributed by atoms with Gasteiger partial charge in [-0.2, -0.15) is 0 Å². The van der Waals surface area contributed by atoms with Crippen molar-refractivity contribution in [1.82, 2.24) is 0 Å². The quantitative estimate of drug-likeness (QED) is 0.785. The van der Waals surface area contributed by atoms with Gasteiger partial charge < -0.3 is 4.74 Å². The summed E-state index contributed by atoms with van der Waals surface area (Å²) in [7, 11) is 0. The normalized spacial score (nSPS) is 24.6. The minimum atomic E-state index is -0.276. The summed E-state index contributed by atoms with van der Waals surface area (Å²) in [6, 6.07) is 6.04. The molecule has 0 bridgehead atoms. The van der Waals surface area contributed by atoms with Crippen LogP contribution in [0.15, 0.2) is 24.3 Å². The van der Waals surface area contributed by atoms with E-state index in [-0.39, 0.29) is 23.8 Å². The zero-order chi connectivity index (χ0) is 11.5. The molecule has 16 heavy (non-hydrogen) atoms. The van der Waals surface area contributed by atoms with Gasteiger partial charge in [-0.25, -0.2) is 4.39 Å². The molecule has 0 amide bonds. The molecule has 1 aliphatic rings. The van der Waals surface area contributed by atoms with Crippen molar-refractivity contribution in [2.45, 2.75) is 38.4 Å². The van der Waals surface area contributed by atoms with E-state index in [2.05, 4.69) is 0 Å². The third-order valence-corrected chi connectivity index (χ3v) is 2.88. The molecule has 1 aromatic rings. The average molecular weight is 222 g/mol. The molecule has 0 aromatic heterocycles. The molecule has 0 spiro atoms. The monoisotopic (exact) mass is 222 g/mol. The fraction of sp³-hybridized carbons (Fsp3) is 0.462. The van der Waals surface area contributed by atoms with Crippen LogP contribution in [-0.4, -0.2) is 18.0 Å². The van der Waals surface area contributed by atoms with E-state index in [4.69, 9.17) is 4.74 Å². The molecule has 2 rings (SSSR count). The summed E-state index contributed by atoms with van der Waals surface area (Å²) in [5, 5.41) is 0. The fourth-order valence-electron chi connectivity index (χ4n) is 1.96. The summed E-state index contributed by atoms with van der Waals surface area (Å²) in [5.41, 5.74) is 0.842. The number of ether oxygens (including phenoxy) is 1. The maximum absolute atomic E-state index is 12.7. The average Bonchev–Trinajstić information content (AvgIpc) is 2.68. The molecule has 86 valence electrons. The summed E-state index contributed by atoms with van der Waals surface area (Å²) >= 11 is 0. The minimum Gasteiger partial charge on any atom is -0.367 e. The zero-order valence-corrected chi connectivity index (χ0v) is 9.28. The highest BCUT2D eigenvalue weighted by Crippen LogP contribution is 2.21. The highest BCUT2D eigenvalue weighted by Gasteiger charge is 2.27. The fourth-order valence-corrected chi connectivity index (χ4v) is 1.96. The molecule has 1 aliphatic heterocycles. The number of ketones is 1. The Morgan fingerprint density at radius 3 is 2.62 bits per heavy atom. The lowest BCUT2D eigenvalue weighted by molar-refractivity contribution is -0.128. The number of carbonyl (C=O) groups is 1. The van der Waals surface area contributed by atoms with Crippen molar-refractivity contribution in [1.29, 1.82) is 0 Å². The van der Waals surface area contributed by atoms with Gasteiger partial charge in [0.1, 0.15) is 11.9 Å². The van der Waals surface area contributed by atoms with Crippen LogP contribution in [0, 0.1) is 5.82 Å². The second-order valence-corrected chi connectivity index (χ2v) is 4.28. The van der Waals surface area contributed by atoms with Crippen molar-refractivity contribution in [3.63, 3.8) is 0 Å². The molecule has 0 radical (unpaired) electrons. The molecular formula is C13H15FO2. The van der Waals surface area contributed by atoms with Crippen molar-refractivity contribution in [3.8, 4) is 0 Å². The predicted molar refractivity (Wildman–Crippen MR) is 58.7 cm³/mol. The number of Topliss-reactive ketones (excluding diaryl/α,β-unsaturated/α-hetero) is 1. The van der Waals surface area contributed by atoms with Gasteiger partial charge in [0, 0.05) is 6.42 Å². The molecule has 0 aliphatic carbocycles. The highest BCUT2D eigenvalue weighted by atomic mass is 19.1. The van der Waals surface area contributed by atoms with E-state index in [1.807, 2.05) is 6.92 Å². The topological polar surface area (TPSA) is 26.3 Å². The maximum atomic E-state index is 12.7. The molecule has 2 atom stereocenters. The summed E-state index contributed by atoms with van der Waals surface area (Å²) in [4.78, 5) is 11.8. The lowest BCUT2D eigenvalue weighted by Gasteiger charge is -2.09. The minimum absolute atomic E-state index is 0.0935. The van der Waals surface area contributed by atoms with Crippen LogP contribution in [0.1, 0.15) is 25.3 Å². The summed E-state index contributed by atoms with van der Waals surface area (Å²) in [6.07, 6.45) is 2.00. The van der Waals surface area contributed by atoms with Gasteiger partial charge in [0.2, 0.25) is 0 Å². The van der Waals surface area contributed by atoms with E-state index >= 15 is 0 Å². The molecule has 2 nitrogen and oxygen atoms in total. The van der Waals surface area contributed by atoms with Crippen molar-refractivity contribution in [2.75, 3.05) is 0 Å². The predicted octanol–water partition coefficient (Wildman–Crippen LogP) is 2.50. The van der Waals surface area contributed by atoms with Gasteiger partial charge >= 0.3 is 0 Å². The van der Waals surface area contributed by atoms with Crippen LogP contribution < -0.4 is 0 Å². The highest BCUT2D eigenvalue weighted by molar-refractivity contribution is 5.85. The van der Waals surface area contributed by atoms with Crippen molar-refractivity contribution in [2.24, 2.45) is 0 Å². The van der Waals surface area contributed by atoms with E-state index in [1.165, 1.54) is 12.1 Å². The molecular weight excluding hydrogens is 207 g/mol. The van der Waals surface area contributed by atoms with E-state index < -0.39 is 0 Å². The number of halogens is 1. The molecule has 3 heteroatoms. The Morgan fingerprint density at radius 1 is 1.38 bits per heavy atom. The molecule has 1 heterocycles. The lowest BCUT2D eigenvalue weighted by Crippen LogP contribution is -2.22. The first-order valence-electron chi connectivity index (χ1n) is 5.58. The van der Waals surface area contributed by atoms with Gasteiger partial charge in [0.15, 0.2) is 5.78 Å². The van der Waals surface area contributed by atoms with Gasteiger partial charge in [-0.05, 0) is 37.5 Å². The first-order chi connectivity index (χ1) is 7.65. The third-order valence-electron chi connectivity index (χ3n) is 2.88. The smallest absolute Gasteiger partial charge is 0.165 e. The second kappa shape index (κ2) is 4.74. The van der Waals surface area contributed by atoms with Gasteiger partial charge in [-0.15, -0.1) is 0 Å². The van der Waals surface area contributed by atoms with E-state index in [0.29, 0.717) is 6.42 Å². The number of rotatable bonds is 3. The van der Waals surface area contributed by atoms with Crippen LogP contribution in [0.2, 0.25) is 0 Å². The Kier molecular flexibility index (Phi) is 3.34. The van der Waals surface area contributed by atoms with E-state index in [0.717, 1.165) is 18.4 Å². The Hall–Kier alpha value is -1.22. The third kappa shape index (κ3) is 2.67. The molecule has 1 aromatic carbocycles. The maximum Gasteiger partial charge on any atom is 0.165 e. The summed E-state index contributed by atoms with van der Waals surface area (Å²) in [6.45, 7) is 1.98. The van der Waals surface area contributed by atoms with Crippen LogP contribution in [0.4, 0.5) is 4.39 Å². The van der Waals surface area contributed by atoms with Gasteiger partial charge in [0.05, 0.1) is 6.10 Å². The number of benzene rings is 1. The second-order valence-electron chi connectivity index (χ2n) is 4.28. The molecule has 2 unspecified atom stereocenters. The molecule has 1 saturated heterocycles. The first-order valence-corrected chi connectivity index (χ1v) is 5.58. The standard InChI is InChI=1S/C13H15FO2/c1-9-2-7-13(16-9)12(15)8-10-3-5-11(14)6-4-10/h3-6,9,13H,2,7-8H2,1H3. The van der Waals surface area contributed by atoms with Crippen molar-refractivity contribution >= 4 is 5.78 Å². The summed E-state index contributed by atoms with van der Waals surface area (Å²) < 4.78 is 18.2. The van der Waals surface area contributed by atoms with Crippen molar-refractivity contribution < 1.29 is 13.9 Å². The van der Waals surface area contributed by atoms with E-state index in [9.17, 15) is 9.18 Å². The van der Waals surface area contributed by atoms with Crippen molar-refractivity contribution in [3.05, 3.63) is 35.6 Å². The van der Waals surface area contributed by atoms with Crippen LogP contribution in [0.5, 0.6) is 0 Å². The first kappa shape index (κ1) is 11.3. The van der Waals surface area contributed by atoms with Crippen LogP contribution in [0.25, 0.3) is 0 Å².